The fourth-order valence-electron chi connectivity index (χ4n) is 4.01. The Hall–Kier alpha value is -0.160. The van der Waals surface area contributed by atoms with Crippen molar-refractivity contribution in [1.29, 1.82) is 0 Å². The molecule has 110 valence electrons. The summed E-state index contributed by atoms with van der Waals surface area (Å²) < 4.78 is 5.46. The van der Waals surface area contributed by atoms with Crippen LogP contribution >= 0.6 is 0 Å². The predicted molar refractivity (Wildman–Crippen MR) is 75.2 cm³/mol. The number of nitrogens with zero attached hydrogens (tertiary/aromatic N) is 2. The Morgan fingerprint density at radius 1 is 1.11 bits per heavy atom. The van der Waals surface area contributed by atoms with Gasteiger partial charge in [-0.3, -0.25) is 9.80 Å². The number of hydrogen-bond acceptors (Lipinski definition) is 4. The highest BCUT2D eigenvalue weighted by atomic mass is 16.5. The van der Waals surface area contributed by atoms with Gasteiger partial charge in [-0.2, -0.15) is 0 Å². The van der Waals surface area contributed by atoms with Gasteiger partial charge in [0.15, 0.2) is 0 Å². The van der Waals surface area contributed by atoms with Crippen LogP contribution in [0.2, 0.25) is 0 Å². The maximum absolute atomic E-state index is 9.81. The zero-order chi connectivity index (χ0) is 13.1. The van der Waals surface area contributed by atoms with Crippen LogP contribution in [0.4, 0.5) is 0 Å². The predicted octanol–water partition coefficient (Wildman–Crippen LogP) is 0.946. The van der Waals surface area contributed by atoms with E-state index < -0.39 is 0 Å². The molecule has 3 heterocycles. The summed E-state index contributed by atoms with van der Waals surface area (Å²) in [6, 6.07) is 0.776. The van der Waals surface area contributed by atoms with E-state index in [1.807, 2.05) is 0 Å². The molecule has 0 spiro atoms. The van der Waals surface area contributed by atoms with Crippen molar-refractivity contribution in [2.24, 2.45) is 5.41 Å². The first-order valence-electron chi connectivity index (χ1n) is 7.96. The summed E-state index contributed by atoms with van der Waals surface area (Å²) in [4.78, 5) is 5.28. The molecule has 0 aromatic heterocycles. The Labute approximate surface area is 116 Å². The molecule has 0 radical (unpaired) electrons. The Balaban J connectivity index is 1.57. The minimum Gasteiger partial charge on any atom is -0.396 e. The molecule has 3 aliphatic heterocycles. The number of piperidine rings is 1. The topological polar surface area (TPSA) is 35.9 Å². The van der Waals surface area contributed by atoms with Crippen LogP contribution in [0.15, 0.2) is 0 Å². The Kier molecular flexibility index (Phi) is 4.42. The maximum Gasteiger partial charge on any atom is 0.0501 e. The summed E-state index contributed by atoms with van der Waals surface area (Å²) in [5.74, 6) is 0. The molecule has 1 atom stereocenters. The Morgan fingerprint density at radius 2 is 1.95 bits per heavy atom. The van der Waals surface area contributed by atoms with E-state index in [4.69, 9.17) is 4.74 Å². The molecular weight excluding hydrogens is 240 g/mol. The van der Waals surface area contributed by atoms with Gasteiger partial charge < -0.3 is 9.84 Å². The molecule has 4 heteroatoms. The summed E-state index contributed by atoms with van der Waals surface area (Å²) in [5.41, 5.74) is 0.106. The molecule has 0 aliphatic carbocycles. The highest BCUT2D eigenvalue weighted by molar-refractivity contribution is 4.90. The first kappa shape index (κ1) is 13.8. The van der Waals surface area contributed by atoms with Crippen molar-refractivity contribution in [1.82, 2.24) is 9.80 Å². The molecule has 0 aromatic carbocycles. The fourth-order valence-corrected chi connectivity index (χ4v) is 4.01. The quantitative estimate of drug-likeness (QED) is 0.826. The van der Waals surface area contributed by atoms with Crippen LogP contribution in [0, 0.1) is 5.41 Å². The van der Waals surface area contributed by atoms with Gasteiger partial charge in [0.2, 0.25) is 0 Å². The highest BCUT2D eigenvalue weighted by Crippen LogP contribution is 2.32. The van der Waals surface area contributed by atoms with E-state index in [2.05, 4.69) is 9.80 Å². The van der Waals surface area contributed by atoms with Gasteiger partial charge in [0, 0.05) is 50.8 Å². The Bertz CT molecular complexity index is 292. The number of ether oxygens (including phenoxy) is 1. The van der Waals surface area contributed by atoms with Gasteiger partial charge in [-0.1, -0.05) is 6.42 Å². The van der Waals surface area contributed by atoms with Crippen LogP contribution < -0.4 is 0 Å². The second kappa shape index (κ2) is 6.08. The van der Waals surface area contributed by atoms with Crippen molar-refractivity contribution < 1.29 is 9.84 Å². The SMILES string of the molecule is OCC1(CN2CCN3CCCCC3C2)CCOCC1. The van der Waals surface area contributed by atoms with Crippen molar-refractivity contribution in [3.05, 3.63) is 0 Å². The minimum atomic E-state index is 0.106. The summed E-state index contributed by atoms with van der Waals surface area (Å²) in [6.07, 6.45) is 6.19. The first-order valence-corrected chi connectivity index (χ1v) is 7.96. The first-order chi connectivity index (χ1) is 9.31. The van der Waals surface area contributed by atoms with Gasteiger partial charge in [0.05, 0.1) is 6.61 Å². The van der Waals surface area contributed by atoms with E-state index in [0.29, 0.717) is 6.61 Å². The molecule has 0 aromatic rings. The van der Waals surface area contributed by atoms with Crippen LogP contribution in [-0.4, -0.2) is 73.5 Å². The van der Waals surface area contributed by atoms with E-state index in [-0.39, 0.29) is 5.41 Å². The fraction of sp³-hybridized carbons (Fsp3) is 1.00. The molecule has 1 unspecified atom stereocenters. The monoisotopic (exact) mass is 268 g/mol. The summed E-state index contributed by atoms with van der Waals surface area (Å²) in [5, 5.41) is 9.81. The van der Waals surface area contributed by atoms with Crippen molar-refractivity contribution in [3.63, 3.8) is 0 Å². The third-order valence-electron chi connectivity index (χ3n) is 5.37. The van der Waals surface area contributed by atoms with Crippen molar-refractivity contribution in [2.75, 3.05) is 52.5 Å². The number of rotatable bonds is 3. The smallest absolute Gasteiger partial charge is 0.0501 e. The van der Waals surface area contributed by atoms with Gasteiger partial charge >= 0.3 is 0 Å². The highest BCUT2D eigenvalue weighted by Gasteiger charge is 2.36. The van der Waals surface area contributed by atoms with Gasteiger partial charge in [-0.25, -0.2) is 0 Å². The molecule has 0 saturated carbocycles. The van der Waals surface area contributed by atoms with E-state index in [0.717, 1.165) is 38.6 Å². The number of aliphatic hydroxyl groups excluding tert-OH is 1. The van der Waals surface area contributed by atoms with E-state index >= 15 is 0 Å². The van der Waals surface area contributed by atoms with Crippen LogP contribution in [0.1, 0.15) is 32.1 Å². The second-order valence-corrected chi connectivity index (χ2v) is 6.69. The number of fused-ring (bicyclic) bond motifs is 1. The third kappa shape index (κ3) is 3.13. The van der Waals surface area contributed by atoms with Gasteiger partial charge in [0.1, 0.15) is 0 Å². The molecule has 1 N–H and O–H groups in total. The molecular formula is C15H28N2O2. The lowest BCUT2D eigenvalue weighted by molar-refractivity contribution is -0.0491. The van der Waals surface area contributed by atoms with Gasteiger partial charge in [0.25, 0.3) is 0 Å². The normalized spacial score (nSPS) is 33.0. The maximum atomic E-state index is 9.81. The summed E-state index contributed by atoms with van der Waals surface area (Å²) in [7, 11) is 0. The lowest BCUT2D eigenvalue weighted by atomic mass is 9.80. The van der Waals surface area contributed by atoms with Crippen molar-refractivity contribution >= 4 is 0 Å². The van der Waals surface area contributed by atoms with E-state index in [1.165, 1.54) is 45.4 Å². The summed E-state index contributed by atoms with van der Waals surface area (Å²) >= 11 is 0. The third-order valence-corrected chi connectivity index (χ3v) is 5.37. The number of piperazine rings is 1. The molecule has 4 nitrogen and oxygen atoms in total. The Morgan fingerprint density at radius 3 is 2.74 bits per heavy atom. The molecule has 3 rings (SSSR count). The second-order valence-electron chi connectivity index (χ2n) is 6.69. The molecule has 19 heavy (non-hydrogen) atoms. The molecule has 3 fully saturated rings. The number of aliphatic hydroxyl groups is 1. The molecule has 3 saturated heterocycles. The largest absolute Gasteiger partial charge is 0.396 e. The standard InChI is InChI=1S/C15H28N2O2/c18-13-15(4-9-19-10-5-15)12-16-7-8-17-6-2-1-3-14(17)11-16/h14,18H,1-13H2. The van der Waals surface area contributed by atoms with Crippen LogP contribution in [0.3, 0.4) is 0 Å². The van der Waals surface area contributed by atoms with Crippen molar-refractivity contribution in [2.45, 2.75) is 38.1 Å². The van der Waals surface area contributed by atoms with Crippen LogP contribution in [0.5, 0.6) is 0 Å². The molecule has 3 aliphatic rings. The van der Waals surface area contributed by atoms with Gasteiger partial charge in [-0.15, -0.1) is 0 Å². The lowest BCUT2D eigenvalue weighted by Gasteiger charge is -2.47. The summed E-state index contributed by atoms with van der Waals surface area (Å²) in [6.45, 7) is 7.95. The zero-order valence-corrected chi connectivity index (χ0v) is 12.0. The van der Waals surface area contributed by atoms with Crippen molar-refractivity contribution in [3.8, 4) is 0 Å². The number of hydrogen-bond donors (Lipinski definition) is 1. The minimum absolute atomic E-state index is 0.106. The average molecular weight is 268 g/mol. The van der Waals surface area contributed by atoms with Crippen LogP contribution in [-0.2, 0) is 4.74 Å². The van der Waals surface area contributed by atoms with E-state index in [1.54, 1.807) is 0 Å². The van der Waals surface area contributed by atoms with Gasteiger partial charge in [-0.05, 0) is 32.2 Å². The molecule has 0 bridgehead atoms. The average Bonchev–Trinajstić information content (AvgIpc) is 2.48. The van der Waals surface area contributed by atoms with Crippen LogP contribution in [0.25, 0.3) is 0 Å². The lowest BCUT2D eigenvalue weighted by Crippen LogP contribution is -2.57. The molecule has 0 amide bonds. The van der Waals surface area contributed by atoms with E-state index in [9.17, 15) is 5.11 Å². The zero-order valence-electron chi connectivity index (χ0n) is 12.0.